The fourth-order valence-electron chi connectivity index (χ4n) is 1.11. The smallest absolute Gasteiger partial charge is 0.127 e. The lowest BCUT2D eigenvalue weighted by Crippen LogP contribution is -2.00. The first kappa shape index (κ1) is 7.79. The van der Waals surface area contributed by atoms with Gasteiger partial charge in [-0.3, -0.25) is 0 Å². The molecule has 0 radical (unpaired) electrons. The molecule has 0 aliphatic rings. The predicted octanol–water partition coefficient (Wildman–Crippen LogP) is 1.59. The van der Waals surface area contributed by atoms with Crippen LogP contribution < -0.4 is 5.73 Å². The summed E-state index contributed by atoms with van der Waals surface area (Å²) in [4.78, 5) is 0. The average Bonchev–Trinajstić information content (AvgIpc) is 2.53. The Kier molecular flexibility index (Phi) is 1.73. The molecule has 1 aromatic heterocycles. The van der Waals surface area contributed by atoms with Crippen LogP contribution in [0.1, 0.15) is 0 Å². The first-order valence-electron chi connectivity index (χ1n) is 3.83. The zero-order valence-corrected chi connectivity index (χ0v) is 6.81. The summed E-state index contributed by atoms with van der Waals surface area (Å²) in [7, 11) is 0. The molecule has 0 unspecified atom stereocenters. The molecular weight excluding hydrogens is 169 g/mol. The molecule has 0 saturated carbocycles. The van der Waals surface area contributed by atoms with Crippen LogP contribution in [0.4, 0.5) is 10.2 Å². The van der Waals surface area contributed by atoms with Gasteiger partial charge in [0.1, 0.15) is 11.6 Å². The lowest BCUT2D eigenvalue weighted by atomic mass is 10.3. The van der Waals surface area contributed by atoms with Crippen molar-refractivity contribution in [1.29, 1.82) is 0 Å². The minimum absolute atomic E-state index is 0.269. The maximum Gasteiger partial charge on any atom is 0.127 e. The van der Waals surface area contributed by atoms with Crippen molar-refractivity contribution < 1.29 is 4.39 Å². The van der Waals surface area contributed by atoms with Gasteiger partial charge in [-0.05, 0) is 24.3 Å². The second-order valence-electron chi connectivity index (χ2n) is 2.64. The van der Waals surface area contributed by atoms with Gasteiger partial charge in [0.2, 0.25) is 0 Å². The molecule has 3 nitrogen and oxygen atoms in total. The van der Waals surface area contributed by atoms with Gasteiger partial charge in [-0.15, -0.1) is 0 Å². The van der Waals surface area contributed by atoms with Gasteiger partial charge in [0.25, 0.3) is 0 Å². The van der Waals surface area contributed by atoms with Crippen LogP contribution >= 0.6 is 0 Å². The Morgan fingerprint density at radius 2 is 1.85 bits per heavy atom. The topological polar surface area (TPSA) is 43.8 Å². The summed E-state index contributed by atoms with van der Waals surface area (Å²) in [6.45, 7) is 0. The number of anilines is 1. The summed E-state index contributed by atoms with van der Waals surface area (Å²) >= 11 is 0. The summed E-state index contributed by atoms with van der Waals surface area (Å²) in [5.41, 5.74) is 6.37. The first-order valence-corrected chi connectivity index (χ1v) is 3.83. The number of halogens is 1. The number of nitrogens with zero attached hydrogens (tertiary/aromatic N) is 2. The van der Waals surface area contributed by atoms with E-state index in [1.807, 2.05) is 0 Å². The van der Waals surface area contributed by atoms with Gasteiger partial charge in [0.15, 0.2) is 0 Å². The Balaban J connectivity index is 2.47. The second-order valence-corrected chi connectivity index (χ2v) is 2.64. The second kappa shape index (κ2) is 2.90. The third-order valence-corrected chi connectivity index (χ3v) is 1.74. The number of rotatable bonds is 1. The first-order chi connectivity index (χ1) is 6.27. The maximum atomic E-state index is 12.6. The van der Waals surface area contributed by atoms with Crippen molar-refractivity contribution in [1.82, 2.24) is 9.78 Å². The van der Waals surface area contributed by atoms with E-state index in [4.69, 9.17) is 5.73 Å². The van der Waals surface area contributed by atoms with E-state index in [0.29, 0.717) is 5.82 Å². The number of aromatic nitrogens is 2. The Morgan fingerprint density at radius 3 is 2.38 bits per heavy atom. The minimum atomic E-state index is -0.269. The van der Waals surface area contributed by atoms with Crippen molar-refractivity contribution >= 4 is 5.82 Å². The summed E-state index contributed by atoms with van der Waals surface area (Å²) in [5, 5.41) is 3.98. The van der Waals surface area contributed by atoms with Crippen LogP contribution in [0.2, 0.25) is 0 Å². The number of nitrogen functional groups attached to an aromatic ring is 1. The van der Waals surface area contributed by atoms with Crippen molar-refractivity contribution in [2.45, 2.75) is 0 Å². The fraction of sp³-hybridized carbons (Fsp3) is 0. The van der Waals surface area contributed by atoms with Crippen LogP contribution in [0.5, 0.6) is 0 Å². The molecule has 2 aromatic rings. The van der Waals surface area contributed by atoms with Crippen LogP contribution in [-0.2, 0) is 0 Å². The molecule has 0 amide bonds. The quantitative estimate of drug-likeness (QED) is 0.718. The van der Waals surface area contributed by atoms with Gasteiger partial charge in [-0.2, -0.15) is 5.10 Å². The molecule has 1 aromatic carbocycles. The Bertz CT molecular complexity index is 405. The summed E-state index contributed by atoms with van der Waals surface area (Å²) in [5.74, 6) is 0.265. The average molecular weight is 177 g/mol. The minimum Gasteiger partial charge on any atom is -0.384 e. The lowest BCUT2D eigenvalue weighted by molar-refractivity contribution is 0.627. The molecular formula is C9H8FN3. The van der Waals surface area contributed by atoms with Gasteiger partial charge >= 0.3 is 0 Å². The summed E-state index contributed by atoms with van der Waals surface area (Å²) < 4.78 is 14.1. The zero-order chi connectivity index (χ0) is 9.26. The summed E-state index contributed by atoms with van der Waals surface area (Å²) in [6.07, 6.45) is 1.60. The normalized spacial score (nSPS) is 10.2. The number of hydrogen-bond acceptors (Lipinski definition) is 2. The van der Waals surface area contributed by atoms with Crippen molar-refractivity contribution in [2.24, 2.45) is 0 Å². The summed E-state index contributed by atoms with van der Waals surface area (Å²) in [6, 6.07) is 7.67. The number of hydrogen-bond donors (Lipinski definition) is 1. The van der Waals surface area contributed by atoms with E-state index in [9.17, 15) is 4.39 Å². The largest absolute Gasteiger partial charge is 0.384 e. The van der Waals surface area contributed by atoms with Crippen molar-refractivity contribution in [3.05, 3.63) is 42.3 Å². The predicted molar refractivity (Wildman–Crippen MR) is 47.9 cm³/mol. The number of nitrogens with two attached hydrogens (primary N) is 1. The molecule has 4 heteroatoms. The van der Waals surface area contributed by atoms with Crippen LogP contribution in [0.15, 0.2) is 36.5 Å². The van der Waals surface area contributed by atoms with Gasteiger partial charge in [0.05, 0.1) is 11.9 Å². The van der Waals surface area contributed by atoms with Gasteiger partial charge in [-0.25, -0.2) is 9.07 Å². The van der Waals surface area contributed by atoms with E-state index >= 15 is 0 Å². The van der Waals surface area contributed by atoms with E-state index in [1.54, 1.807) is 29.1 Å². The SMILES string of the molecule is Nc1ccnn1-c1ccc(F)cc1. The van der Waals surface area contributed by atoms with Gasteiger partial charge in [0, 0.05) is 6.07 Å². The molecule has 0 fully saturated rings. The standard InChI is InChI=1S/C9H8FN3/c10-7-1-3-8(4-2-7)13-9(11)5-6-12-13/h1-6H,11H2. The molecule has 0 bridgehead atoms. The molecule has 2 N–H and O–H groups in total. The van der Waals surface area contributed by atoms with E-state index in [0.717, 1.165) is 5.69 Å². The van der Waals surface area contributed by atoms with E-state index in [1.165, 1.54) is 12.1 Å². The molecule has 1 heterocycles. The fourth-order valence-corrected chi connectivity index (χ4v) is 1.11. The van der Waals surface area contributed by atoms with Crippen LogP contribution in [0.3, 0.4) is 0 Å². The Morgan fingerprint density at radius 1 is 1.15 bits per heavy atom. The highest BCUT2D eigenvalue weighted by molar-refractivity contribution is 5.40. The van der Waals surface area contributed by atoms with Crippen molar-refractivity contribution in [3.63, 3.8) is 0 Å². The zero-order valence-electron chi connectivity index (χ0n) is 6.81. The number of benzene rings is 1. The molecule has 0 atom stereocenters. The molecule has 0 saturated heterocycles. The third kappa shape index (κ3) is 1.38. The van der Waals surface area contributed by atoms with Crippen molar-refractivity contribution in [2.75, 3.05) is 5.73 Å². The Labute approximate surface area is 74.6 Å². The van der Waals surface area contributed by atoms with E-state index in [-0.39, 0.29) is 5.82 Å². The van der Waals surface area contributed by atoms with E-state index < -0.39 is 0 Å². The maximum absolute atomic E-state index is 12.6. The van der Waals surface area contributed by atoms with Crippen LogP contribution in [-0.4, -0.2) is 9.78 Å². The molecule has 0 aliphatic carbocycles. The van der Waals surface area contributed by atoms with E-state index in [2.05, 4.69) is 5.10 Å². The highest BCUT2D eigenvalue weighted by Gasteiger charge is 2.00. The highest BCUT2D eigenvalue weighted by atomic mass is 19.1. The lowest BCUT2D eigenvalue weighted by Gasteiger charge is -2.02. The molecule has 66 valence electrons. The third-order valence-electron chi connectivity index (χ3n) is 1.74. The monoisotopic (exact) mass is 177 g/mol. The Hall–Kier alpha value is -1.84. The molecule has 0 spiro atoms. The van der Waals surface area contributed by atoms with Crippen LogP contribution in [0.25, 0.3) is 5.69 Å². The highest BCUT2D eigenvalue weighted by Crippen LogP contribution is 2.11. The van der Waals surface area contributed by atoms with Crippen LogP contribution in [0, 0.1) is 5.82 Å². The van der Waals surface area contributed by atoms with Gasteiger partial charge < -0.3 is 5.73 Å². The van der Waals surface area contributed by atoms with Crippen molar-refractivity contribution in [3.8, 4) is 5.69 Å². The molecule has 2 rings (SSSR count). The van der Waals surface area contributed by atoms with Gasteiger partial charge in [-0.1, -0.05) is 0 Å². The molecule has 13 heavy (non-hydrogen) atoms. The molecule has 0 aliphatic heterocycles.